The highest BCUT2D eigenvalue weighted by Gasteiger charge is 2.31. The van der Waals surface area contributed by atoms with Gasteiger partial charge in [-0.25, -0.2) is 0 Å². The lowest BCUT2D eigenvalue weighted by Crippen LogP contribution is -2.46. The number of nitrogens with one attached hydrogen (secondary N) is 1. The molecule has 1 saturated carbocycles. The predicted molar refractivity (Wildman–Crippen MR) is 80.9 cm³/mol. The van der Waals surface area contributed by atoms with Gasteiger partial charge in [-0.1, -0.05) is 27.7 Å². The highest BCUT2D eigenvalue weighted by Crippen LogP contribution is 2.34. The van der Waals surface area contributed by atoms with Crippen LogP contribution >= 0.6 is 0 Å². The summed E-state index contributed by atoms with van der Waals surface area (Å²) < 4.78 is 0. The molecule has 18 heavy (non-hydrogen) atoms. The second-order valence-electron chi connectivity index (χ2n) is 6.49. The molecule has 0 aliphatic heterocycles. The van der Waals surface area contributed by atoms with Gasteiger partial charge in [0.15, 0.2) is 0 Å². The van der Waals surface area contributed by atoms with Crippen molar-refractivity contribution < 1.29 is 0 Å². The molecular weight excluding hydrogens is 220 g/mol. The van der Waals surface area contributed by atoms with Gasteiger partial charge in [0, 0.05) is 12.6 Å². The van der Waals surface area contributed by atoms with Crippen LogP contribution in [0, 0.1) is 17.8 Å². The molecule has 0 aromatic carbocycles. The predicted octanol–water partition coefficient (Wildman–Crippen LogP) is 3.38. The highest BCUT2D eigenvalue weighted by molar-refractivity contribution is 4.87. The van der Waals surface area contributed by atoms with Gasteiger partial charge >= 0.3 is 0 Å². The van der Waals surface area contributed by atoms with Crippen molar-refractivity contribution in [2.45, 2.75) is 59.4 Å². The average Bonchev–Trinajstić information content (AvgIpc) is 2.36. The second-order valence-corrected chi connectivity index (χ2v) is 6.49. The van der Waals surface area contributed by atoms with Crippen molar-refractivity contribution in [3.05, 3.63) is 0 Å². The molecule has 2 nitrogen and oxygen atoms in total. The number of hydrogen-bond donors (Lipinski definition) is 1. The number of nitrogens with zero attached hydrogens (tertiary/aromatic N) is 1. The lowest BCUT2D eigenvalue weighted by Gasteiger charge is -2.40. The minimum absolute atomic E-state index is 0.758. The van der Waals surface area contributed by atoms with Crippen LogP contribution in [0.15, 0.2) is 0 Å². The molecule has 0 bridgehead atoms. The first-order chi connectivity index (χ1) is 8.58. The van der Waals surface area contributed by atoms with Crippen LogP contribution in [-0.2, 0) is 0 Å². The zero-order chi connectivity index (χ0) is 13.5. The fourth-order valence-electron chi connectivity index (χ4n) is 3.24. The highest BCUT2D eigenvalue weighted by atomic mass is 15.1. The third-order valence-electron chi connectivity index (χ3n) is 4.71. The normalized spacial score (nSPS) is 29.2. The smallest absolute Gasteiger partial charge is 0.0108 e. The van der Waals surface area contributed by atoms with Gasteiger partial charge in [0.25, 0.3) is 0 Å². The third-order valence-corrected chi connectivity index (χ3v) is 4.71. The van der Waals surface area contributed by atoms with Crippen molar-refractivity contribution in [2.75, 3.05) is 26.7 Å². The summed E-state index contributed by atoms with van der Waals surface area (Å²) in [7, 11) is 2.26. The Balaban J connectivity index is 2.54. The fraction of sp³-hybridized carbons (Fsp3) is 1.00. The third kappa shape index (κ3) is 4.89. The van der Waals surface area contributed by atoms with E-state index in [1.807, 2.05) is 0 Å². The largest absolute Gasteiger partial charge is 0.314 e. The Morgan fingerprint density at radius 2 is 1.94 bits per heavy atom. The molecule has 2 heteroatoms. The summed E-state index contributed by atoms with van der Waals surface area (Å²) in [4.78, 5) is 2.48. The van der Waals surface area contributed by atoms with Crippen LogP contribution in [0.3, 0.4) is 0 Å². The number of rotatable bonds is 7. The van der Waals surface area contributed by atoms with E-state index in [1.54, 1.807) is 0 Å². The van der Waals surface area contributed by atoms with Crippen LogP contribution in [0.5, 0.6) is 0 Å². The monoisotopic (exact) mass is 254 g/mol. The van der Waals surface area contributed by atoms with E-state index in [0.29, 0.717) is 0 Å². The van der Waals surface area contributed by atoms with Crippen LogP contribution in [0.1, 0.15) is 53.4 Å². The molecule has 0 radical (unpaired) electrons. The minimum atomic E-state index is 0.758. The van der Waals surface area contributed by atoms with E-state index in [0.717, 1.165) is 23.8 Å². The lowest BCUT2D eigenvalue weighted by molar-refractivity contribution is 0.134. The van der Waals surface area contributed by atoms with Crippen LogP contribution in [0.2, 0.25) is 0 Å². The van der Waals surface area contributed by atoms with Gasteiger partial charge in [-0.3, -0.25) is 0 Å². The molecule has 3 atom stereocenters. The summed E-state index contributed by atoms with van der Waals surface area (Å²) in [5, 5.41) is 3.78. The maximum absolute atomic E-state index is 3.78. The summed E-state index contributed by atoms with van der Waals surface area (Å²) in [6, 6.07) is 0.758. The Hall–Kier alpha value is -0.0800. The Kier molecular flexibility index (Phi) is 7.25. The van der Waals surface area contributed by atoms with Crippen LogP contribution in [0.4, 0.5) is 0 Å². The first-order valence-electron chi connectivity index (χ1n) is 8.00. The summed E-state index contributed by atoms with van der Waals surface area (Å²) in [6.07, 6.45) is 5.47. The molecule has 1 aliphatic carbocycles. The van der Waals surface area contributed by atoms with Gasteiger partial charge in [0.1, 0.15) is 0 Å². The summed E-state index contributed by atoms with van der Waals surface area (Å²) >= 11 is 0. The topological polar surface area (TPSA) is 15.3 Å². The van der Waals surface area contributed by atoms with Crippen molar-refractivity contribution in [2.24, 2.45) is 17.8 Å². The van der Waals surface area contributed by atoms with Gasteiger partial charge in [-0.05, 0) is 63.6 Å². The molecule has 0 amide bonds. The molecule has 1 N–H and O–H groups in total. The zero-order valence-electron chi connectivity index (χ0n) is 13.2. The van der Waals surface area contributed by atoms with Crippen molar-refractivity contribution in [3.63, 3.8) is 0 Å². The SMILES string of the molecule is CCCNC1CCC(C(C)C)CC1CN(C)CC. The number of hydrogen-bond acceptors (Lipinski definition) is 2. The van der Waals surface area contributed by atoms with E-state index in [1.165, 1.54) is 45.3 Å². The molecule has 0 heterocycles. The molecule has 0 saturated heterocycles. The van der Waals surface area contributed by atoms with Gasteiger partial charge in [-0.15, -0.1) is 0 Å². The quantitative estimate of drug-likeness (QED) is 0.749. The Bertz CT molecular complexity index is 215. The second kappa shape index (κ2) is 8.16. The Morgan fingerprint density at radius 1 is 1.22 bits per heavy atom. The van der Waals surface area contributed by atoms with Crippen LogP contribution in [-0.4, -0.2) is 37.6 Å². The molecule has 108 valence electrons. The van der Waals surface area contributed by atoms with E-state index in [2.05, 4.69) is 45.0 Å². The van der Waals surface area contributed by atoms with Crippen LogP contribution in [0.25, 0.3) is 0 Å². The van der Waals surface area contributed by atoms with E-state index < -0.39 is 0 Å². The maximum Gasteiger partial charge on any atom is 0.0108 e. The maximum atomic E-state index is 3.78. The van der Waals surface area contributed by atoms with E-state index in [-0.39, 0.29) is 0 Å². The first-order valence-corrected chi connectivity index (χ1v) is 8.00. The van der Waals surface area contributed by atoms with Crippen molar-refractivity contribution in [1.29, 1.82) is 0 Å². The molecule has 0 spiro atoms. The zero-order valence-corrected chi connectivity index (χ0v) is 13.2. The fourth-order valence-corrected chi connectivity index (χ4v) is 3.24. The van der Waals surface area contributed by atoms with Gasteiger partial charge in [0.2, 0.25) is 0 Å². The molecule has 1 rings (SSSR count). The average molecular weight is 254 g/mol. The van der Waals surface area contributed by atoms with Gasteiger partial charge in [0.05, 0.1) is 0 Å². The van der Waals surface area contributed by atoms with E-state index in [9.17, 15) is 0 Å². The molecule has 0 aromatic rings. The minimum Gasteiger partial charge on any atom is -0.314 e. The van der Waals surface area contributed by atoms with Crippen LogP contribution < -0.4 is 5.32 Å². The molecule has 3 unspecified atom stereocenters. The lowest BCUT2D eigenvalue weighted by atomic mass is 9.73. The van der Waals surface area contributed by atoms with Crippen molar-refractivity contribution in [1.82, 2.24) is 10.2 Å². The summed E-state index contributed by atoms with van der Waals surface area (Å²) in [5.41, 5.74) is 0. The van der Waals surface area contributed by atoms with Gasteiger partial charge < -0.3 is 10.2 Å². The summed E-state index contributed by atoms with van der Waals surface area (Å²) in [5.74, 6) is 2.65. The first kappa shape index (κ1) is 16.0. The van der Waals surface area contributed by atoms with E-state index in [4.69, 9.17) is 0 Å². The molecule has 0 aromatic heterocycles. The molecular formula is C16H34N2. The molecule has 1 aliphatic rings. The summed E-state index contributed by atoms with van der Waals surface area (Å²) in [6.45, 7) is 12.9. The Morgan fingerprint density at radius 3 is 2.50 bits per heavy atom. The van der Waals surface area contributed by atoms with Crippen molar-refractivity contribution >= 4 is 0 Å². The molecule has 1 fully saturated rings. The van der Waals surface area contributed by atoms with Gasteiger partial charge in [-0.2, -0.15) is 0 Å². The Labute approximate surface area is 115 Å². The van der Waals surface area contributed by atoms with Crippen molar-refractivity contribution in [3.8, 4) is 0 Å². The standard InChI is InChI=1S/C16H34N2/c1-6-10-17-16-9-8-14(13(3)4)11-15(16)12-18(5)7-2/h13-17H,6-12H2,1-5H3. The van der Waals surface area contributed by atoms with E-state index >= 15 is 0 Å².